The number of pyridine rings is 1. The molecule has 0 amide bonds. The number of nitrogens with zero attached hydrogens (tertiary/aromatic N) is 3. The molecule has 3 nitrogen and oxygen atoms in total. The molecule has 0 radical (unpaired) electrons. The number of rotatable bonds is 4. The zero-order valence-corrected chi connectivity index (χ0v) is 13.8. The van der Waals surface area contributed by atoms with Crippen molar-refractivity contribution in [2.24, 2.45) is 0 Å². The predicted molar refractivity (Wildman–Crippen MR) is 81.8 cm³/mol. The monoisotopic (exact) mass is 357 g/mol. The van der Waals surface area contributed by atoms with Gasteiger partial charge in [0.15, 0.2) is 0 Å². The lowest BCUT2D eigenvalue weighted by molar-refractivity contribution is 0.801. The summed E-state index contributed by atoms with van der Waals surface area (Å²) in [5.74, 6) is 0.785. The third kappa shape index (κ3) is 3.68. The van der Waals surface area contributed by atoms with Crippen LogP contribution in [0.1, 0.15) is 24.7 Å². The Bertz CT molecular complexity index is 592. The minimum absolute atomic E-state index is 0.521. The van der Waals surface area contributed by atoms with Crippen molar-refractivity contribution < 1.29 is 0 Å². The molecule has 2 aromatic heterocycles. The van der Waals surface area contributed by atoms with Crippen LogP contribution < -0.4 is 0 Å². The average Bonchev–Trinajstić information content (AvgIpc) is 2.38. The number of aryl methyl sites for hydroxylation is 1. The van der Waals surface area contributed by atoms with Crippen LogP contribution in [0.2, 0.25) is 5.15 Å². The Labute approximate surface area is 130 Å². The van der Waals surface area contributed by atoms with E-state index in [2.05, 4.69) is 37.8 Å². The van der Waals surface area contributed by atoms with Crippen molar-refractivity contribution in [1.29, 1.82) is 0 Å². The topological polar surface area (TPSA) is 38.7 Å². The molecular weight excluding hydrogens is 346 g/mol. The first kappa shape index (κ1) is 14.8. The van der Waals surface area contributed by atoms with Crippen LogP contribution in [-0.2, 0) is 6.42 Å². The first-order valence-electron chi connectivity index (χ1n) is 5.93. The van der Waals surface area contributed by atoms with Gasteiger partial charge in [-0.15, -0.1) is 0 Å². The molecule has 6 heteroatoms. The standard InChI is InChI=1S/C13H13BrClN3S/c1-3-5-10-17-11(15)8(2)12(18-10)19-13-9(14)6-4-7-16-13/h4,6-7H,3,5H2,1-2H3. The molecular formula is C13H13BrClN3S. The molecule has 0 saturated heterocycles. The van der Waals surface area contributed by atoms with E-state index in [1.807, 2.05) is 19.1 Å². The fraction of sp³-hybridized carbons (Fsp3) is 0.308. The van der Waals surface area contributed by atoms with Gasteiger partial charge in [0.25, 0.3) is 0 Å². The van der Waals surface area contributed by atoms with Gasteiger partial charge in [-0.2, -0.15) is 0 Å². The largest absolute Gasteiger partial charge is 0.248 e. The van der Waals surface area contributed by atoms with Gasteiger partial charge in [-0.05, 0) is 53.2 Å². The Balaban J connectivity index is 2.36. The second kappa shape index (κ2) is 6.68. The summed E-state index contributed by atoms with van der Waals surface area (Å²) in [5, 5.41) is 2.26. The highest BCUT2D eigenvalue weighted by Crippen LogP contribution is 2.33. The third-order valence-corrected chi connectivity index (χ3v) is 4.86. The zero-order valence-electron chi connectivity index (χ0n) is 10.7. The average molecular weight is 359 g/mol. The molecule has 0 unspecified atom stereocenters. The number of hydrogen-bond acceptors (Lipinski definition) is 4. The quantitative estimate of drug-likeness (QED) is 0.743. The van der Waals surface area contributed by atoms with E-state index in [1.165, 1.54) is 11.8 Å². The number of halogens is 2. The smallest absolute Gasteiger partial charge is 0.136 e. The summed E-state index contributed by atoms with van der Waals surface area (Å²) in [6, 6.07) is 3.84. The van der Waals surface area contributed by atoms with Crippen LogP contribution in [0.15, 0.2) is 32.9 Å². The van der Waals surface area contributed by atoms with Gasteiger partial charge in [0.05, 0.1) is 4.47 Å². The van der Waals surface area contributed by atoms with E-state index in [0.29, 0.717) is 5.15 Å². The van der Waals surface area contributed by atoms with Gasteiger partial charge in [0.1, 0.15) is 21.0 Å². The van der Waals surface area contributed by atoms with Gasteiger partial charge >= 0.3 is 0 Å². The van der Waals surface area contributed by atoms with Crippen LogP contribution in [0.25, 0.3) is 0 Å². The number of aromatic nitrogens is 3. The Morgan fingerprint density at radius 1 is 1.32 bits per heavy atom. The summed E-state index contributed by atoms with van der Waals surface area (Å²) in [6.45, 7) is 4.02. The third-order valence-electron chi connectivity index (χ3n) is 2.48. The van der Waals surface area contributed by atoms with Crippen LogP contribution in [-0.4, -0.2) is 15.0 Å². The van der Waals surface area contributed by atoms with Crippen LogP contribution in [0.4, 0.5) is 0 Å². The first-order valence-corrected chi connectivity index (χ1v) is 7.92. The SMILES string of the molecule is CCCc1nc(Cl)c(C)c(Sc2ncccc2Br)n1. The Morgan fingerprint density at radius 3 is 2.79 bits per heavy atom. The molecule has 0 aliphatic heterocycles. The van der Waals surface area contributed by atoms with Crippen molar-refractivity contribution in [1.82, 2.24) is 15.0 Å². The molecule has 100 valence electrons. The van der Waals surface area contributed by atoms with Crippen molar-refractivity contribution >= 4 is 39.3 Å². The lowest BCUT2D eigenvalue weighted by Crippen LogP contribution is -2.00. The summed E-state index contributed by atoms with van der Waals surface area (Å²) in [6.07, 6.45) is 3.59. The van der Waals surface area contributed by atoms with Crippen molar-refractivity contribution in [2.45, 2.75) is 36.7 Å². The maximum Gasteiger partial charge on any atom is 0.136 e. The molecule has 0 spiro atoms. The maximum absolute atomic E-state index is 6.16. The molecule has 0 aliphatic carbocycles. The highest BCUT2D eigenvalue weighted by Gasteiger charge is 2.12. The second-order valence-corrected chi connectivity index (χ2v) is 6.19. The normalized spacial score (nSPS) is 10.7. The molecule has 19 heavy (non-hydrogen) atoms. The zero-order chi connectivity index (χ0) is 13.8. The Kier molecular flexibility index (Phi) is 5.19. The Hall–Kier alpha value is -0.650. The van der Waals surface area contributed by atoms with Gasteiger partial charge in [-0.1, -0.05) is 18.5 Å². The molecule has 0 bridgehead atoms. The second-order valence-electron chi connectivity index (χ2n) is 4.00. The van der Waals surface area contributed by atoms with Crippen LogP contribution in [0.3, 0.4) is 0 Å². The van der Waals surface area contributed by atoms with Gasteiger partial charge in [0.2, 0.25) is 0 Å². The minimum Gasteiger partial charge on any atom is -0.248 e. The first-order chi connectivity index (χ1) is 9.11. The summed E-state index contributed by atoms with van der Waals surface area (Å²) in [5.41, 5.74) is 0.893. The van der Waals surface area contributed by atoms with Gasteiger partial charge in [0, 0.05) is 18.2 Å². The van der Waals surface area contributed by atoms with E-state index in [1.54, 1.807) is 6.20 Å². The minimum atomic E-state index is 0.521. The molecule has 0 atom stereocenters. The molecule has 0 fully saturated rings. The fourth-order valence-corrected chi connectivity index (χ4v) is 3.09. The van der Waals surface area contributed by atoms with E-state index < -0.39 is 0 Å². The van der Waals surface area contributed by atoms with Gasteiger partial charge < -0.3 is 0 Å². The van der Waals surface area contributed by atoms with Crippen molar-refractivity contribution in [3.63, 3.8) is 0 Å². The highest BCUT2D eigenvalue weighted by atomic mass is 79.9. The lowest BCUT2D eigenvalue weighted by atomic mass is 10.3. The molecule has 2 rings (SSSR count). The van der Waals surface area contributed by atoms with Crippen LogP contribution >= 0.6 is 39.3 Å². The maximum atomic E-state index is 6.16. The summed E-state index contributed by atoms with van der Waals surface area (Å²) in [4.78, 5) is 13.2. The van der Waals surface area contributed by atoms with Crippen molar-refractivity contribution in [3.8, 4) is 0 Å². The van der Waals surface area contributed by atoms with Crippen molar-refractivity contribution in [3.05, 3.63) is 39.3 Å². The van der Waals surface area contributed by atoms with Crippen LogP contribution in [0.5, 0.6) is 0 Å². The Morgan fingerprint density at radius 2 is 2.11 bits per heavy atom. The molecule has 0 aliphatic rings. The lowest BCUT2D eigenvalue weighted by Gasteiger charge is -2.08. The molecule has 0 N–H and O–H groups in total. The van der Waals surface area contributed by atoms with Gasteiger partial charge in [-0.25, -0.2) is 15.0 Å². The van der Waals surface area contributed by atoms with E-state index in [4.69, 9.17) is 11.6 Å². The van der Waals surface area contributed by atoms with Crippen LogP contribution in [0, 0.1) is 6.92 Å². The number of hydrogen-bond donors (Lipinski definition) is 0. The molecule has 0 saturated carbocycles. The van der Waals surface area contributed by atoms with Gasteiger partial charge in [-0.3, -0.25) is 0 Å². The predicted octanol–water partition coefficient (Wildman–Crippen LogP) is 4.70. The van der Waals surface area contributed by atoms with E-state index >= 15 is 0 Å². The molecule has 0 aromatic carbocycles. The summed E-state index contributed by atoms with van der Waals surface area (Å²) >= 11 is 11.2. The highest BCUT2D eigenvalue weighted by molar-refractivity contribution is 9.10. The van der Waals surface area contributed by atoms with E-state index in [-0.39, 0.29) is 0 Å². The molecule has 2 heterocycles. The molecule has 2 aromatic rings. The van der Waals surface area contributed by atoms with E-state index in [0.717, 1.165) is 38.8 Å². The summed E-state index contributed by atoms with van der Waals surface area (Å²) < 4.78 is 0.950. The van der Waals surface area contributed by atoms with E-state index in [9.17, 15) is 0 Å². The van der Waals surface area contributed by atoms with Crippen molar-refractivity contribution in [2.75, 3.05) is 0 Å². The summed E-state index contributed by atoms with van der Waals surface area (Å²) in [7, 11) is 0. The fourth-order valence-electron chi connectivity index (χ4n) is 1.48.